The van der Waals surface area contributed by atoms with Crippen LogP contribution in [0.1, 0.15) is 21.7 Å². The van der Waals surface area contributed by atoms with Crippen LogP contribution in [0.4, 0.5) is 5.69 Å². The normalized spacial score (nSPS) is 10.4. The van der Waals surface area contributed by atoms with E-state index in [0.717, 1.165) is 11.4 Å². The lowest BCUT2D eigenvalue weighted by molar-refractivity contribution is 0.0955. The predicted molar refractivity (Wildman–Crippen MR) is 74.8 cm³/mol. The van der Waals surface area contributed by atoms with Crippen molar-refractivity contribution in [2.45, 2.75) is 13.3 Å². The Hall–Kier alpha value is -2.30. The Balaban J connectivity index is 1.93. The smallest absolute Gasteiger partial charge is 0.253 e. The van der Waals surface area contributed by atoms with Gasteiger partial charge in [-0.3, -0.25) is 4.79 Å². The molecule has 0 spiro atoms. The minimum atomic E-state index is -0.147. The molecule has 1 heterocycles. The number of nitrogens with one attached hydrogen (secondary N) is 1. The molecule has 0 aliphatic rings. The number of hydrogen-bond acceptors (Lipinski definition) is 3. The molecule has 100 valence electrons. The zero-order chi connectivity index (χ0) is 13.8. The van der Waals surface area contributed by atoms with Gasteiger partial charge in [-0.05, 0) is 24.6 Å². The van der Waals surface area contributed by atoms with Gasteiger partial charge in [0, 0.05) is 38.1 Å². The summed E-state index contributed by atoms with van der Waals surface area (Å²) < 4.78 is 1.94. The van der Waals surface area contributed by atoms with E-state index in [1.807, 2.05) is 30.8 Å². The molecule has 19 heavy (non-hydrogen) atoms. The quantitative estimate of drug-likeness (QED) is 0.811. The third-order valence-electron chi connectivity index (χ3n) is 3.01. The summed E-state index contributed by atoms with van der Waals surface area (Å²) in [5.74, 6) is 0.795. The summed E-state index contributed by atoms with van der Waals surface area (Å²) in [5.41, 5.74) is 7.91. The van der Waals surface area contributed by atoms with E-state index >= 15 is 0 Å². The van der Waals surface area contributed by atoms with Crippen molar-refractivity contribution in [2.75, 3.05) is 12.3 Å². The van der Waals surface area contributed by atoms with Crippen molar-refractivity contribution < 1.29 is 4.79 Å². The second kappa shape index (κ2) is 5.56. The fraction of sp³-hybridized carbons (Fsp3) is 0.286. The standard InChI is InChI=1S/C14H18N4O/c1-10-3-4-11(12(15)9-10)14(19)17-6-5-13-16-7-8-18(13)2/h3-4,7-9H,5-6,15H2,1-2H3,(H,17,19). The molecule has 3 N–H and O–H groups in total. The van der Waals surface area contributed by atoms with E-state index in [9.17, 15) is 4.79 Å². The highest BCUT2D eigenvalue weighted by atomic mass is 16.1. The summed E-state index contributed by atoms with van der Waals surface area (Å²) in [4.78, 5) is 16.2. The minimum absolute atomic E-state index is 0.147. The van der Waals surface area contributed by atoms with Gasteiger partial charge in [-0.1, -0.05) is 6.07 Å². The van der Waals surface area contributed by atoms with Crippen LogP contribution in [-0.4, -0.2) is 22.0 Å². The molecule has 0 aliphatic heterocycles. The lowest BCUT2D eigenvalue weighted by Gasteiger charge is -2.08. The summed E-state index contributed by atoms with van der Waals surface area (Å²) in [5, 5.41) is 2.85. The van der Waals surface area contributed by atoms with E-state index in [-0.39, 0.29) is 5.91 Å². The summed E-state index contributed by atoms with van der Waals surface area (Å²) >= 11 is 0. The molecule has 0 saturated heterocycles. The number of nitrogens with two attached hydrogens (primary N) is 1. The first-order valence-electron chi connectivity index (χ1n) is 6.18. The Morgan fingerprint density at radius 3 is 2.89 bits per heavy atom. The largest absolute Gasteiger partial charge is 0.398 e. The zero-order valence-electron chi connectivity index (χ0n) is 11.2. The number of nitrogens with zero attached hydrogens (tertiary/aromatic N) is 2. The van der Waals surface area contributed by atoms with Crippen molar-refractivity contribution in [3.05, 3.63) is 47.5 Å². The molecule has 0 fully saturated rings. The fourth-order valence-corrected chi connectivity index (χ4v) is 1.91. The van der Waals surface area contributed by atoms with Gasteiger partial charge in [-0.2, -0.15) is 0 Å². The molecule has 0 aliphatic carbocycles. The van der Waals surface area contributed by atoms with Gasteiger partial charge in [0.1, 0.15) is 5.82 Å². The van der Waals surface area contributed by atoms with Gasteiger partial charge >= 0.3 is 0 Å². The molecule has 0 radical (unpaired) electrons. The number of imidazole rings is 1. The molecule has 0 saturated carbocycles. The van der Waals surface area contributed by atoms with E-state index in [0.29, 0.717) is 24.2 Å². The van der Waals surface area contributed by atoms with Crippen molar-refractivity contribution in [1.82, 2.24) is 14.9 Å². The number of anilines is 1. The lowest BCUT2D eigenvalue weighted by atomic mass is 10.1. The van der Waals surface area contributed by atoms with Crippen LogP contribution in [0, 0.1) is 6.92 Å². The Kier molecular flexibility index (Phi) is 3.85. The number of aryl methyl sites for hydroxylation is 2. The first-order chi connectivity index (χ1) is 9.08. The molecular weight excluding hydrogens is 240 g/mol. The number of nitrogen functional groups attached to an aromatic ring is 1. The maximum absolute atomic E-state index is 12.0. The molecule has 1 aromatic heterocycles. The molecule has 1 amide bonds. The van der Waals surface area contributed by atoms with E-state index in [1.165, 1.54) is 0 Å². The van der Waals surface area contributed by atoms with Gasteiger partial charge < -0.3 is 15.6 Å². The number of amides is 1. The van der Waals surface area contributed by atoms with Crippen molar-refractivity contribution in [3.8, 4) is 0 Å². The minimum Gasteiger partial charge on any atom is -0.398 e. The van der Waals surface area contributed by atoms with Crippen LogP contribution in [-0.2, 0) is 13.5 Å². The summed E-state index contributed by atoms with van der Waals surface area (Å²) in [6.07, 6.45) is 4.32. The maximum atomic E-state index is 12.0. The van der Waals surface area contributed by atoms with Crippen LogP contribution in [0.15, 0.2) is 30.6 Å². The molecule has 1 aromatic carbocycles. The number of carbonyl (C=O) groups excluding carboxylic acids is 1. The maximum Gasteiger partial charge on any atom is 0.253 e. The average Bonchev–Trinajstić information content (AvgIpc) is 2.75. The first kappa shape index (κ1) is 13.1. The number of aromatic nitrogens is 2. The topological polar surface area (TPSA) is 72.9 Å². The molecule has 2 aromatic rings. The van der Waals surface area contributed by atoms with Gasteiger partial charge in [0.25, 0.3) is 5.91 Å². The van der Waals surface area contributed by atoms with Crippen LogP contribution in [0.3, 0.4) is 0 Å². The monoisotopic (exact) mass is 258 g/mol. The van der Waals surface area contributed by atoms with E-state index in [1.54, 1.807) is 18.3 Å². The van der Waals surface area contributed by atoms with Crippen molar-refractivity contribution >= 4 is 11.6 Å². The predicted octanol–water partition coefficient (Wildman–Crippen LogP) is 1.28. The average molecular weight is 258 g/mol. The molecule has 0 atom stereocenters. The zero-order valence-corrected chi connectivity index (χ0v) is 11.2. The second-order valence-electron chi connectivity index (χ2n) is 4.55. The van der Waals surface area contributed by atoms with E-state index < -0.39 is 0 Å². The third-order valence-corrected chi connectivity index (χ3v) is 3.01. The summed E-state index contributed by atoms with van der Waals surface area (Å²) in [7, 11) is 1.93. The number of carbonyl (C=O) groups is 1. The number of hydrogen-bond donors (Lipinski definition) is 2. The third kappa shape index (κ3) is 3.13. The van der Waals surface area contributed by atoms with E-state index in [4.69, 9.17) is 5.73 Å². The highest BCUT2D eigenvalue weighted by Crippen LogP contribution is 2.13. The van der Waals surface area contributed by atoms with Gasteiger partial charge in [0.15, 0.2) is 0 Å². The SMILES string of the molecule is Cc1ccc(C(=O)NCCc2nccn2C)c(N)c1. The van der Waals surface area contributed by atoms with E-state index in [2.05, 4.69) is 10.3 Å². The van der Waals surface area contributed by atoms with Gasteiger partial charge in [-0.15, -0.1) is 0 Å². The summed E-state index contributed by atoms with van der Waals surface area (Å²) in [6.45, 7) is 2.48. The molecule has 0 unspecified atom stereocenters. The molecule has 0 bridgehead atoms. The Morgan fingerprint density at radius 2 is 2.26 bits per heavy atom. The Labute approximate surface area is 112 Å². The highest BCUT2D eigenvalue weighted by molar-refractivity contribution is 5.99. The van der Waals surface area contributed by atoms with Gasteiger partial charge in [-0.25, -0.2) is 4.98 Å². The Morgan fingerprint density at radius 1 is 1.47 bits per heavy atom. The van der Waals surface area contributed by atoms with Gasteiger partial charge in [0.05, 0.1) is 5.56 Å². The fourth-order valence-electron chi connectivity index (χ4n) is 1.91. The molecule has 2 rings (SSSR count). The van der Waals surface area contributed by atoms with Crippen molar-refractivity contribution in [1.29, 1.82) is 0 Å². The molecular formula is C14H18N4O. The van der Waals surface area contributed by atoms with Gasteiger partial charge in [0.2, 0.25) is 0 Å². The van der Waals surface area contributed by atoms with Crippen LogP contribution in [0.2, 0.25) is 0 Å². The van der Waals surface area contributed by atoms with Crippen LogP contribution in [0.5, 0.6) is 0 Å². The molecule has 5 nitrogen and oxygen atoms in total. The number of benzene rings is 1. The highest BCUT2D eigenvalue weighted by Gasteiger charge is 2.09. The number of rotatable bonds is 4. The van der Waals surface area contributed by atoms with Crippen LogP contribution < -0.4 is 11.1 Å². The van der Waals surface area contributed by atoms with Crippen LogP contribution >= 0.6 is 0 Å². The van der Waals surface area contributed by atoms with Crippen LogP contribution in [0.25, 0.3) is 0 Å². The molecule has 5 heteroatoms. The lowest BCUT2D eigenvalue weighted by Crippen LogP contribution is -2.27. The second-order valence-corrected chi connectivity index (χ2v) is 4.55. The van der Waals surface area contributed by atoms with Crippen molar-refractivity contribution in [2.24, 2.45) is 7.05 Å². The van der Waals surface area contributed by atoms with Crippen molar-refractivity contribution in [3.63, 3.8) is 0 Å². The first-order valence-corrected chi connectivity index (χ1v) is 6.18. The Bertz CT molecular complexity index is 589. The summed E-state index contributed by atoms with van der Waals surface area (Å²) in [6, 6.07) is 5.43.